The number of allylic oxidation sites excluding steroid dienone is 2. The Bertz CT molecular complexity index is 2130. The van der Waals surface area contributed by atoms with Crippen molar-refractivity contribution >= 4 is 11.9 Å². The Morgan fingerprint density at radius 2 is 0.619 bits per heavy atom. The highest BCUT2D eigenvalue weighted by Gasteiger charge is 2.64. The Kier molecular flexibility index (Phi) is 23.9. The van der Waals surface area contributed by atoms with Gasteiger partial charge in [0.2, 0.25) is 0 Å². The van der Waals surface area contributed by atoms with Gasteiger partial charge in [-0.3, -0.25) is 0 Å². The zero-order valence-electron chi connectivity index (χ0n) is 62.5. The molecule has 0 aliphatic heterocycles. The minimum Gasteiger partial charge on any atom is -0.480 e. The third-order valence-electron chi connectivity index (χ3n) is 23.8. The van der Waals surface area contributed by atoms with Gasteiger partial charge in [-0.15, -0.1) is 0 Å². The second kappa shape index (κ2) is 26.2. The molecule has 8 nitrogen and oxygen atoms in total. The van der Waals surface area contributed by atoms with Crippen LogP contribution in [0.15, 0.2) is 24.3 Å². The van der Waals surface area contributed by atoms with Crippen LogP contribution in [0.4, 0.5) is 0 Å². The molecule has 8 aliphatic carbocycles. The number of aliphatic hydroxyl groups is 2. The first-order valence-electron chi connectivity index (χ1n) is 33.6. The first-order chi connectivity index (χ1) is 36.9. The molecule has 8 aliphatic rings. The number of hydrogen-bond acceptors (Lipinski definition) is 5. The van der Waals surface area contributed by atoms with Gasteiger partial charge in [0.05, 0.1) is 11.2 Å². The van der Waals surface area contributed by atoms with Crippen LogP contribution in [0.3, 0.4) is 0 Å². The van der Waals surface area contributed by atoms with Crippen molar-refractivity contribution in [2.75, 3.05) is 13.2 Å². The smallest absolute Gasteiger partial charge is 0.480 e. The summed E-state index contributed by atoms with van der Waals surface area (Å²) in [5.74, 6) is 13.7. The van der Waals surface area contributed by atoms with Crippen LogP contribution in [0, 0.1) is 162 Å². The van der Waals surface area contributed by atoms with Crippen molar-refractivity contribution in [2.45, 2.75) is 270 Å². The van der Waals surface area contributed by atoms with E-state index in [-0.39, 0.29) is 26.0 Å². The zero-order valence-corrected chi connectivity index (χ0v) is 60.5. The van der Waals surface area contributed by atoms with Crippen molar-refractivity contribution in [2.24, 2.45) is 162 Å². The Morgan fingerprint density at radius 1 is 0.393 bits per heavy atom. The number of aliphatic carboxylic acids is 2. The number of ether oxygens (including phenoxy) is 1. The molecule has 0 saturated heterocycles. The molecule has 0 heterocycles. The van der Waals surface area contributed by atoms with Gasteiger partial charge in [-0.1, -0.05) is 190 Å². The van der Waals surface area contributed by atoms with E-state index in [1.807, 2.05) is 13.8 Å². The number of rotatable bonds is 8. The fourth-order valence-electron chi connectivity index (χ4n) is 22.2. The van der Waals surface area contributed by atoms with Gasteiger partial charge >= 0.3 is 14.8 Å². The Balaban J connectivity index is 0.000000554. The average Bonchev–Trinajstić information content (AvgIpc) is 2.18. The van der Waals surface area contributed by atoms with Crippen LogP contribution < -0.4 is 0 Å². The molecule has 8 rings (SSSR count). The maximum atomic E-state index is 10.9. The fourth-order valence-corrected chi connectivity index (χ4v) is 22.2. The normalized spacial score (nSPS) is 36.3. The van der Waals surface area contributed by atoms with E-state index in [1.165, 1.54) is 62.5 Å². The lowest BCUT2D eigenvalue weighted by atomic mass is 9.55. The summed E-state index contributed by atoms with van der Waals surface area (Å²) in [4.78, 5) is 20.0. The molecule has 0 amide bonds. The Hall–Kier alpha value is -1.74. The number of carboxylic acids is 2. The highest BCUT2D eigenvalue weighted by Crippen LogP contribution is 2.70. The fraction of sp³-hybridized carbons (Fsp3) is 0.921. The average molecular weight is 1180 g/mol. The highest BCUT2D eigenvalue weighted by atomic mass is 16.5. The maximum absolute atomic E-state index is 10.9. The predicted molar refractivity (Wildman–Crippen MR) is 357 cm³/mol. The first-order valence-corrected chi connectivity index (χ1v) is 33.6. The van der Waals surface area contributed by atoms with Gasteiger partial charge in [0.25, 0.3) is 0 Å². The molecule has 0 spiro atoms. The minimum atomic E-state index is -1.19. The molecule has 8 heteroatoms. The molecule has 8 fully saturated rings. The van der Waals surface area contributed by atoms with Crippen LogP contribution in [0.25, 0.3) is 0 Å². The minimum absolute atomic E-state index is 0. The molecule has 492 valence electrons. The van der Waals surface area contributed by atoms with Crippen molar-refractivity contribution in [1.29, 1.82) is 0 Å². The van der Waals surface area contributed by atoms with Crippen molar-refractivity contribution in [3.05, 3.63) is 24.3 Å². The SMILES string of the molecule is C=C(C)C1CC2CC1C(C(C)(C)C)C2C(C)(C)C.C=C(C)C1CC2CC1C(C(C)(C)C)C2C(C)(C)C.CC(C)(C)C1C2CC(C1C(C)(C)C)C(C(C)(C)O)C2.CC(C)(C)C1C2CC(C1C(C)(C)C)C(C(C)(C)OCC(=O)O)C2.O.O=C(O)CO.[H+].[H+]. The van der Waals surface area contributed by atoms with E-state index in [4.69, 9.17) is 24.9 Å². The topological polar surface area (TPSA) is 156 Å². The van der Waals surface area contributed by atoms with Gasteiger partial charge in [0.1, 0.15) is 13.2 Å². The summed E-state index contributed by atoms with van der Waals surface area (Å²) in [6.45, 7) is 78.4. The summed E-state index contributed by atoms with van der Waals surface area (Å²) in [7, 11) is 0. The maximum Gasteiger partial charge on any atom is 1.00 e. The summed E-state index contributed by atoms with van der Waals surface area (Å²) in [5.41, 5.74) is 5.13. The van der Waals surface area contributed by atoms with E-state index in [0.29, 0.717) is 67.5 Å². The molecule has 8 saturated carbocycles. The molecular formula is C76H142O8+2. The van der Waals surface area contributed by atoms with Gasteiger partial charge in [-0.25, -0.2) is 9.59 Å². The van der Waals surface area contributed by atoms with E-state index in [1.54, 1.807) is 0 Å². The summed E-state index contributed by atoms with van der Waals surface area (Å²) in [6.07, 6.45) is 10.8. The monoisotopic (exact) mass is 1180 g/mol. The molecule has 20 atom stereocenters. The van der Waals surface area contributed by atoms with Gasteiger partial charge in [0, 0.05) is 0 Å². The van der Waals surface area contributed by atoms with Gasteiger partial charge in [0.15, 0.2) is 0 Å². The quantitative estimate of drug-likeness (QED) is 0.176. The molecule has 20 unspecified atom stereocenters. The molecule has 84 heavy (non-hydrogen) atoms. The van der Waals surface area contributed by atoms with Gasteiger partial charge in [-0.05, 0) is 255 Å². The van der Waals surface area contributed by atoms with Gasteiger partial charge < -0.3 is 30.6 Å². The van der Waals surface area contributed by atoms with E-state index < -0.39 is 24.1 Å². The molecule has 0 aromatic carbocycles. The number of hydrogen-bond donors (Lipinski definition) is 4. The molecular weight excluding hydrogens is 1040 g/mol. The lowest BCUT2D eigenvalue weighted by Crippen LogP contribution is -2.48. The summed E-state index contributed by atoms with van der Waals surface area (Å²) < 4.78 is 5.81. The Labute approximate surface area is 522 Å². The van der Waals surface area contributed by atoms with Gasteiger partial charge in [-0.2, -0.15) is 0 Å². The molecule has 8 bridgehead atoms. The van der Waals surface area contributed by atoms with Crippen molar-refractivity contribution < 1.29 is 43.1 Å². The number of aliphatic hydroxyl groups excluding tert-OH is 1. The summed E-state index contributed by atoms with van der Waals surface area (Å²) >= 11 is 0. The highest BCUT2D eigenvalue weighted by molar-refractivity contribution is 5.68. The second-order valence-electron chi connectivity index (χ2n) is 39.3. The van der Waals surface area contributed by atoms with Crippen molar-refractivity contribution in [1.82, 2.24) is 0 Å². The number of carbonyl (C=O) groups is 2. The standard InChI is InChI=1S/C20H36O3.C18H34O.2C18H32.C2H4O3.H2O/c1-18(2,3)16-12-9-13(17(16)19(4,5)6)14(10-12)20(7,8)23-11-15(21)22;1-16(2,3)14-11-9-12(15(14)17(4,5)6)13(10-11)18(7,8)19;2*1-11(2)13-9-12-10-14(13)16(18(6,7)8)15(12)17(3,4)5;3-1-2(4)5;/h12-14,16-17H,9-11H2,1-8H3,(H,21,22);11-15,19H,9-10H2,1-8H3;2*12-16H,1,9-10H2,2-8H3;3H,1H2,(H,4,5);1H2/p+2. The first kappa shape index (κ1) is 76.5. The third kappa shape index (κ3) is 17.4. The van der Waals surface area contributed by atoms with Crippen LogP contribution in [-0.4, -0.2) is 62.3 Å². The molecule has 6 N–H and O–H groups in total. The largest absolute Gasteiger partial charge is 1.00 e. The second-order valence-corrected chi connectivity index (χ2v) is 39.3. The third-order valence-corrected chi connectivity index (χ3v) is 23.8. The van der Waals surface area contributed by atoms with E-state index >= 15 is 0 Å². The number of carboxylic acid groups (broad SMARTS) is 2. The van der Waals surface area contributed by atoms with Crippen molar-refractivity contribution in [3.8, 4) is 0 Å². The van der Waals surface area contributed by atoms with Crippen LogP contribution in [-0.2, 0) is 14.3 Å². The Morgan fingerprint density at radius 3 is 0.845 bits per heavy atom. The van der Waals surface area contributed by atoms with Crippen LogP contribution in [0.1, 0.15) is 262 Å². The lowest BCUT2D eigenvalue weighted by Gasteiger charge is -2.51. The molecule has 0 aromatic rings. The van der Waals surface area contributed by atoms with Crippen LogP contribution >= 0.6 is 0 Å². The molecule has 0 radical (unpaired) electrons. The van der Waals surface area contributed by atoms with Crippen LogP contribution in [0.5, 0.6) is 0 Å². The van der Waals surface area contributed by atoms with E-state index in [2.05, 4.69) is 207 Å². The van der Waals surface area contributed by atoms with E-state index in [0.717, 1.165) is 88.8 Å². The van der Waals surface area contributed by atoms with Crippen molar-refractivity contribution in [3.63, 3.8) is 0 Å². The van der Waals surface area contributed by atoms with E-state index in [9.17, 15) is 9.90 Å². The van der Waals surface area contributed by atoms with Crippen LogP contribution in [0.2, 0.25) is 0 Å². The molecule has 0 aromatic heterocycles. The summed E-state index contributed by atoms with van der Waals surface area (Å²) in [5, 5.41) is 34.5. The number of fused-ring (bicyclic) bond motifs is 8. The predicted octanol–water partition coefficient (Wildman–Crippen LogP) is 19.1. The zero-order chi connectivity index (χ0) is 64.6. The lowest BCUT2D eigenvalue weighted by molar-refractivity contribution is -0.156. The summed E-state index contributed by atoms with van der Waals surface area (Å²) in [6, 6.07) is 0.